The molecule has 0 atom stereocenters. The molecule has 0 aliphatic heterocycles. The Balaban J connectivity index is 0.000000118. The third-order valence-corrected chi connectivity index (χ3v) is 36.7. The van der Waals surface area contributed by atoms with E-state index in [9.17, 15) is 15.3 Å². The van der Waals surface area contributed by atoms with Gasteiger partial charge in [0.25, 0.3) is 10.0 Å². The Kier molecular flexibility index (Phi) is 25.0. The molecule has 0 saturated heterocycles. The van der Waals surface area contributed by atoms with Gasteiger partial charge in [-0.3, -0.25) is 0 Å². The van der Waals surface area contributed by atoms with Crippen LogP contribution in [0.3, 0.4) is 0 Å². The Labute approximate surface area is 759 Å². The van der Waals surface area contributed by atoms with Crippen molar-refractivity contribution >= 4 is 188 Å². The summed E-state index contributed by atoms with van der Waals surface area (Å²) in [5.41, 5.74) is 11.9. The van der Waals surface area contributed by atoms with Crippen LogP contribution in [-0.4, -0.2) is 41.3 Å². The zero-order valence-electron chi connectivity index (χ0n) is 67.2. The molecule has 0 aliphatic carbocycles. The zero-order valence-corrected chi connectivity index (χ0v) is 76.2. The largest absolute Gasteiger partial charge is 2.00 e. The zero-order chi connectivity index (χ0) is 82.4. The van der Waals surface area contributed by atoms with E-state index in [4.69, 9.17) is 17.6 Å². The molecule has 7 nitrogen and oxygen atoms in total. The summed E-state index contributed by atoms with van der Waals surface area (Å²) in [5, 5.41) is 55.5. The molecular weight excluding hydrogens is 1690 g/mol. The normalized spacial score (nSPS) is 11.2. The van der Waals surface area contributed by atoms with E-state index in [0.717, 1.165) is 94.5 Å². The molecule has 124 heavy (non-hydrogen) atoms. The summed E-state index contributed by atoms with van der Waals surface area (Å²) in [7, 11) is -5.35. The van der Waals surface area contributed by atoms with Gasteiger partial charge in [0, 0.05) is 42.7 Å². The summed E-state index contributed by atoms with van der Waals surface area (Å²) < 4.78 is 4.60. The van der Waals surface area contributed by atoms with E-state index in [-0.39, 0.29) is 46.8 Å². The Morgan fingerprint density at radius 3 is 0.952 bits per heavy atom. The van der Waals surface area contributed by atoms with Gasteiger partial charge in [0.1, 0.15) is 25.2 Å². The molecule has 0 radical (unpaired) electrons. The molecule has 0 unspecified atom stereocenters. The maximum atomic E-state index is 13.2. The van der Waals surface area contributed by atoms with Gasteiger partial charge in [0.2, 0.25) is 11.0 Å². The number of benzene rings is 18. The van der Waals surface area contributed by atoms with Gasteiger partial charge in [-0.05, 0) is 170 Å². The van der Waals surface area contributed by atoms with E-state index >= 15 is 0 Å². The Bertz CT molecular complexity index is 6730. The van der Waals surface area contributed by atoms with Gasteiger partial charge < -0.3 is 27.9 Å². The maximum absolute atomic E-state index is 13.2. The van der Waals surface area contributed by atoms with Crippen LogP contribution in [0.1, 0.15) is 0 Å². The first-order valence-electron chi connectivity index (χ1n) is 40.2. The first kappa shape index (κ1) is 83.2. The minimum Gasteiger partial charge on any atom is -0.872 e. The van der Waals surface area contributed by atoms with Gasteiger partial charge in [0.15, 0.2) is 16.1 Å². The quantitative estimate of drug-likeness (QED) is 0.0658. The molecule has 22 rings (SSSR count). The van der Waals surface area contributed by atoms with Crippen molar-refractivity contribution in [1.82, 2.24) is 9.97 Å². The topological polar surface area (TPSA) is 120 Å². The van der Waals surface area contributed by atoms with Crippen LogP contribution < -0.4 is 61.7 Å². The van der Waals surface area contributed by atoms with Crippen LogP contribution in [0.5, 0.6) is 17.2 Å². The number of phenols is 1. The number of hydrogen-bond acceptors (Lipinski definition) is 10. The number of hydrogen-bond donors (Lipinski definition) is 1. The number of para-hydroxylation sites is 4. The van der Waals surface area contributed by atoms with Crippen molar-refractivity contribution in [3.05, 3.63) is 437 Å². The van der Waals surface area contributed by atoms with Crippen LogP contribution >= 0.6 is 45.3 Å². The van der Waals surface area contributed by atoms with E-state index in [1.165, 1.54) is 78.9 Å². The van der Waals surface area contributed by atoms with E-state index in [1.54, 1.807) is 63.5 Å². The third-order valence-electron chi connectivity index (χ3n) is 22.4. The van der Waals surface area contributed by atoms with Crippen molar-refractivity contribution < 1.29 is 44.8 Å². The van der Waals surface area contributed by atoms with Crippen molar-refractivity contribution in [2.24, 2.45) is 0 Å². The number of nitrogens with one attached hydrogen (secondary N) is 2. The van der Waals surface area contributed by atoms with Crippen molar-refractivity contribution in [3.8, 4) is 81.8 Å². The number of rotatable bonds is 14. The summed E-state index contributed by atoms with van der Waals surface area (Å²) in [6.45, 7) is 0. The van der Waals surface area contributed by atoms with Crippen LogP contribution in [0.25, 0.3) is 127 Å². The van der Waals surface area contributed by atoms with E-state index in [2.05, 4.69) is 349 Å². The molecule has 18 aromatic carbocycles. The first-order chi connectivity index (χ1) is 60.1. The molecule has 0 spiro atoms. The van der Waals surface area contributed by atoms with E-state index < -0.39 is 16.1 Å². The molecule has 0 aliphatic rings. The predicted octanol–water partition coefficient (Wildman–Crippen LogP) is 20.5. The number of H-pyrrole nitrogens is 2. The number of nitrogens with zero attached hydrogens (tertiary/aromatic N) is 2. The van der Waals surface area contributed by atoms with Crippen molar-refractivity contribution in [3.63, 3.8) is 0 Å². The van der Waals surface area contributed by atoms with Crippen LogP contribution in [-0.2, 0) is 32.1 Å². The number of aromatic nitrogens is 4. The van der Waals surface area contributed by atoms with Gasteiger partial charge in [-0.2, -0.15) is 14.9 Å². The molecule has 0 bridgehead atoms. The number of aromatic amines is 2. The fourth-order valence-electron chi connectivity index (χ4n) is 16.6. The average Bonchev–Trinajstić information content (AvgIpc) is 0.840. The van der Waals surface area contributed by atoms with E-state index in [0.29, 0.717) is 0 Å². The third kappa shape index (κ3) is 16.8. The number of aromatic hydroxyl groups is 1. The SMILES string of the molecule is Oc1ccc(-c2ccc3ccccc3c2)cc1-c1nc2ccccc2s1.[Be+2].[O-]c1ccc([Si](c2ccccc2)(c2ccccc2)c2ccccc2)cc1-c1[nH+]c2ccccc2s1.[O-]c1ccc([Si](c2ccccc2)(c2ccccc2)c2ccccc2)cc1-c1[nH+]c2ccccc2s1.[S-]c1ccc(-c2ccc3ccccc3c2)cc1-c1nc2ccccc2s1.[Zn]. The van der Waals surface area contributed by atoms with Crippen molar-refractivity contribution in [2.75, 3.05) is 0 Å². The maximum Gasteiger partial charge on any atom is 2.00 e. The molecule has 4 heterocycles. The van der Waals surface area contributed by atoms with Gasteiger partial charge >= 0.3 is 10.1 Å². The summed E-state index contributed by atoms with van der Waals surface area (Å²) in [5.74, 6) is 0.330. The van der Waals surface area contributed by atoms with Gasteiger partial charge in [-0.15, -0.1) is 22.7 Å². The minimum absolute atomic E-state index is 0. The van der Waals surface area contributed by atoms with Crippen LogP contribution in [0.2, 0.25) is 0 Å². The molecule has 0 fully saturated rings. The number of fused-ring (bicyclic) bond motifs is 6. The molecule has 0 amide bonds. The minimum atomic E-state index is -2.67. The van der Waals surface area contributed by atoms with Crippen LogP contribution in [0.15, 0.2) is 442 Å². The second-order valence-corrected chi connectivity index (χ2v) is 42.0. The van der Waals surface area contributed by atoms with Crippen LogP contribution in [0, 0.1) is 0 Å². The molecule has 16 heteroatoms. The smallest absolute Gasteiger partial charge is 0.872 e. The van der Waals surface area contributed by atoms with Gasteiger partial charge in [-0.1, -0.05) is 380 Å². The standard InChI is InChI=1S/2C31H23NOSSi.C23H15NOS.C23H15NS2.Be.Zn/c2*33-29-21-20-26(22-27(29)31-32-28-18-10-11-19-30(28)34-31)35(23-12-4-1-5-13-23,24-14-6-2-7-15-24)25-16-8-3-9-17-25;2*25-21-12-11-18(17-10-9-15-5-1-2-6-16(15)13-17)14-19(21)23-24-20-7-3-4-8-22(20)26-23;;/h2*1-22,33H;2*1-14,25H;;/q;;;;+2;/p-1. The number of phenolic OH excluding ortho intramolecular Hbond substituents is 1. The predicted molar refractivity (Wildman–Crippen MR) is 523 cm³/mol. The summed E-state index contributed by atoms with van der Waals surface area (Å²) >= 11 is 12.1. The van der Waals surface area contributed by atoms with Gasteiger partial charge in [-0.25, -0.2) is 9.97 Å². The molecule has 3 N–H and O–H groups in total. The molecule has 4 aromatic heterocycles. The summed E-state index contributed by atoms with van der Waals surface area (Å²) in [4.78, 5) is 17.3. The first-order valence-corrected chi connectivity index (χ1v) is 47.9. The molecular formula is C108H75BeN4O3S5Si2Zn+. The summed E-state index contributed by atoms with van der Waals surface area (Å²) in [6, 6.07) is 151. The average molecular weight is 1770 g/mol. The second-order valence-electron chi connectivity index (χ2n) is 29.8. The Morgan fingerprint density at radius 2 is 0.573 bits per heavy atom. The molecule has 586 valence electrons. The molecule has 0 saturated carbocycles. The summed E-state index contributed by atoms with van der Waals surface area (Å²) in [6.07, 6.45) is 0. The van der Waals surface area contributed by atoms with Crippen molar-refractivity contribution in [1.29, 1.82) is 0 Å². The monoisotopic (exact) mass is 1760 g/mol. The fourth-order valence-corrected chi connectivity index (χ4v) is 30.4. The van der Waals surface area contributed by atoms with Crippen molar-refractivity contribution in [2.45, 2.75) is 4.90 Å². The Hall–Kier alpha value is -13.1. The Morgan fingerprint density at radius 1 is 0.266 bits per heavy atom. The second kappa shape index (κ2) is 37.3. The molecule has 22 aromatic rings. The number of thiazole rings is 4. The van der Waals surface area contributed by atoms with Crippen LogP contribution in [0.4, 0.5) is 0 Å². The fraction of sp³-hybridized carbons (Fsp3) is 0. The van der Waals surface area contributed by atoms with E-state index in [1.807, 2.05) is 84.9 Å². The van der Waals surface area contributed by atoms with Gasteiger partial charge in [0.05, 0.1) is 26.0 Å².